The average Bonchev–Trinajstić information content (AvgIpc) is 3.52. The molecule has 0 amide bonds. The van der Waals surface area contributed by atoms with Crippen molar-refractivity contribution in [3.8, 4) is 11.5 Å². The second kappa shape index (κ2) is 8.56. The number of rotatable bonds is 5. The van der Waals surface area contributed by atoms with Crippen LogP contribution in [-0.4, -0.2) is 54.1 Å². The molecule has 3 aromatic heterocycles. The van der Waals surface area contributed by atoms with Gasteiger partial charge in [0, 0.05) is 13.1 Å². The van der Waals surface area contributed by atoms with E-state index >= 15 is 0 Å². The highest BCUT2D eigenvalue weighted by Crippen LogP contribution is 2.34. The third-order valence-corrected chi connectivity index (χ3v) is 6.36. The van der Waals surface area contributed by atoms with Crippen molar-refractivity contribution in [2.24, 2.45) is 0 Å². The van der Waals surface area contributed by atoms with Gasteiger partial charge in [-0.3, -0.25) is 4.79 Å². The lowest BCUT2D eigenvalue weighted by atomic mass is 10.1. The number of morpholine rings is 1. The highest BCUT2D eigenvalue weighted by Gasteiger charge is 2.22. The van der Waals surface area contributed by atoms with E-state index in [1.165, 1.54) is 23.1 Å². The lowest BCUT2D eigenvalue weighted by molar-refractivity contribution is 0.0600. The molecule has 9 nitrogen and oxygen atoms in total. The SMILES string of the molecule is COC(=O)c1ccc(Cn2nc(-c3ccco3)c3sc(N4CCOCC4)nc3c2=O)cc1. The van der Waals surface area contributed by atoms with Crippen molar-refractivity contribution in [1.29, 1.82) is 0 Å². The number of hydrogen-bond donors (Lipinski definition) is 0. The number of fused-ring (bicyclic) bond motifs is 1. The molecule has 1 saturated heterocycles. The fourth-order valence-corrected chi connectivity index (χ4v) is 4.66. The molecule has 0 aliphatic carbocycles. The predicted octanol–water partition coefficient (Wildman–Crippen LogP) is 2.78. The molecule has 1 fully saturated rings. The van der Waals surface area contributed by atoms with Crippen LogP contribution in [0.4, 0.5) is 5.13 Å². The van der Waals surface area contributed by atoms with Crippen LogP contribution in [0.25, 0.3) is 21.7 Å². The van der Waals surface area contributed by atoms with Crippen molar-refractivity contribution in [1.82, 2.24) is 14.8 Å². The van der Waals surface area contributed by atoms with E-state index in [9.17, 15) is 9.59 Å². The molecular weight excluding hydrogens is 432 g/mol. The van der Waals surface area contributed by atoms with E-state index in [4.69, 9.17) is 13.9 Å². The minimum atomic E-state index is -0.411. The molecule has 5 rings (SSSR count). The van der Waals surface area contributed by atoms with Gasteiger partial charge in [-0.15, -0.1) is 0 Å². The van der Waals surface area contributed by atoms with E-state index in [1.54, 1.807) is 36.6 Å². The van der Waals surface area contributed by atoms with Crippen LogP contribution in [0.5, 0.6) is 0 Å². The van der Waals surface area contributed by atoms with Gasteiger partial charge in [0.05, 0.1) is 43.4 Å². The number of methoxy groups -OCH3 is 1. The smallest absolute Gasteiger partial charge is 0.337 e. The maximum atomic E-state index is 13.3. The normalized spacial score (nSPS) is 14.1. The number of hydrogen-bond acceptors (Lipinski definition) is 9. The summed E-state index contributed by atoms with van der Waals surface area (Å²) in [6.07, 6.45) is 1.58. The molecule has 32 heavy (non-hydrogen) atoms. The topological polar surface area (TPSA) is 99.7 Å². The van der Waals surface area contributed by atoms with Gasteiger partial charge in [0.25, 0.3) is 5.56 Å². The summed E-state index contributed by atoms with van der Waals surface area (Å²) in [6.45, 7) is 2.94. The fraction of sp³-hybridized carbons (Fsp3) is 0.273. The zero-order valence-corrected chi connectivity index (χ0v) is 18.1. The lowest BCUT2D eigenvalue weighted by Crippen LogP contribution is -2.36. The summed E-state index contributed by atoms with van der Waals surface area (Å²) in [4.78, 5) is 31.7. The quantitative estimate of drug-likeness (QED) is 0.426. The third kappa shape index (κ3) is 3.78. The molecular formula is C22H20N4O5S. The second-order valence-corrected chi connectivity index (χ2v) is 8.23. The number of aromatic nitrogens is 3. The van der Waals surface area contributed by atoms with Crippen molar-refractivity contribution in [2.75, 3.05) is 38.3 Å². The van der Waals surface area contributed by atoms with Crippen molar-refractivity contribution < 1.29 is 18.7 Å². The van der Waals surface area contributed by atoms with E-state index in [0.717, 1.165) is 23.8 Å². The molecule has 0 radical (unpaired) electrons. The molecule has 0 atom stereocenters. The first-order valence-corrected chi connectivity index (χ1v) is 10.9. The minimum absolute atomic E-state index is 0.231. The molecule has 1 aliphatic rings. The first kappa shape index (κ1) is 20.4. The Kier molecular flexibility index (Phi) is 5.46. The lowest BCUT2D eigenvalue weighted by Gasteiger charge is -2.25. The molecule has 164 valence electrons. The number of thiazole rings is 1. The van der Waals surface area contributed by atoms with Crippen molar-refractivity contribution >= 4 is 32.7 Å². The summed E-state index contributed by atoms with van der Waals surface area (Å²) in [5.41, 5.74) is 1.93. The highest BCUT2D eigenvalue weighted by molar-refractivity contribution is 7.22. The first-order valence-electron chi connectivity index (χ1n) is 10.1. The maximum absolute atomic E-state index is 13.3. The van der Waals surface area contributed by atoms with Crippen LogP contribution in [0.15, 0.2) is 51.9 Å². The van der Waals surface area contributed by atoms with E-state index in [1.807, 2.05) is 6.07 Å². The summed E-state index contributed by atoms with van der Waals surface area (Å²) in [7, 11) is 1.34. The zero-order valence-electron chi connectivity index (χ0n) is 17.3. The standard InChI is InChI=1S/C22H20N4O5S/c1-29-21(28)15-6-4-14(5-7-15)13-26-20(27)18-19(17(24-26)16-3-2-10-31-16)32-22(23-18)25-8-11-30-12-9-25/h2-7,10H,8-9,11-13H2,1H3. The highest BCUT2D eigenvalue weighted by atomic mass is 32.1. The number of carbonyl (C=O) groups is 1. The molecule has 1 aliphatic heterocycles. The van der Waals surface area contributed by atoms with Crippen LogP contribution in [0.3, 0.4) is 0 Å². The molecule has 4 aromatic rings. The number of ether oxygens (including phenoxy) is 2. The van der Waals surface area contributed by atoms with Crippen molar-refractivity contribution in [2.45, 2.75) is 6.54 Å². The Morgan fingerprint density at radius 1 is 1.19 bits per heavy atom. The third-order valence-electron chi connectivity index (χ3n) is 5.23. The van der Waals surface area contributed by atoms with Gasteiger partial charge in [-0.25, -0.2) is 14.5 Å². The largest absolute Gasteiger partial charge is 0.465 e. The summed E-state index contributed by atoms with van der Waals surface area (Å²) in [5, 5.41) is 5.39. The zero-order chi connectivity index (χ0) is 22.1. The number of carbonyl (C=O) groups excluding carboxylic acids is 1. The maximum Gasteiger partial charge on any atom is 0.337 e. The summed E-state index contributed by atoms with van der Waals surface area (Å²) in [5.74, 6) is 0.161. The van der Waals surface area contributed by atoms with Crippen LogP contribution in [0.1, 0.15) is 15.9 Å². The van der Waals surface area contributed by atoms with E-state index < -0.39 is 5.97 Å². The molecule has 0 spiro atoms. The second-order valence-electron chi connectivity index (χ2n) is 7.25. The predicted molar refractivity (Wildman–Crippen MR) is 119 cm³/mol. The Balaban J connectivity index is 1.57. The van der Waals surface area contributed by atoms with E-state index in [2.05, 4.69) is 15.0 Å². The van der Waals surface area contributed by atoms with Gasteiger partial charge in [0.2, 0.25) is 0 Å². The first-order chi connectivity index (χ1) is 15.6. The fourth-order valence-electron chi connectivity index (χ4n) is 3.56. The monoisotopic (exact) mass is 452 g/mol. The van der Waals surface area contributed by atoms with Gasteiger partial charge in [0.15, 0.2) is 16.4 Å². The number of furan rings is 1. The van der Waals surface area contributed by atoms with Gasteiger partial charge in [-0.05, 0) is 29.8 Å². The number of benzene rings is 1. The molecule has 1 aromatic carbocycles. The van der Waals surface area contributed by atoms with Gasteiger partial charge in [-0.1, -0.05) is 23.5 Å². The van der Waals surface area contributed by atoms with Crippen molar-refractivity contribution in [3.63, 3.8) is 0 Å². The number of esters is 1. The number of anilines is 1. The van der Waals surface area contributed by atoms with Crippen molar-refractivity contribution in [3.05, 3.63) is 64.1 Å². The molecule has 4 heterocycles. The summed E-state index contributed by atoms with van der Waals surface area (Å²) in [6, 6.07) is 10.5. The Morgan fingerprint density at radius 3 is 2.66 bits per heavy atom. The van der Waals surface area contributed by atoms with Crippen LogP contribution in [-0.2, 0) is 16.0 Å². The Labute approximate surface area is 186 Å². The molecule has 0 saturated carbocycles. The van der Waals surface area contributed by atoms with E-state index in [0.29, 0.717) is 40.4 Å². The van der Waals surface area contributed by atoms with Crippen LogP contribution in [0, 0.1) is 0 Å². The molecule has 10 heteroatoms. The van der Waals surface area contributed by atoms with Crippen LogP contribution in [0.2, 0.25) is 0 Å². The van der Waals surface area contributed by atoms with E-state index in [-0.39, 0.29) is 12.1 Å². The summed E-state index contributed by atoms with van der Waals surface area (Å²) < 4.78 is 17.8. The van der Waals surface area contributed by atoms with Crippen LogP contribution < -0.4 is 10.5 Å². The van der Waals surface area contributed by atoms with Gasteiger partial charge >= 0.3 is 5.97 Å². The minimum Gasteiger partial charge on any atom is -0.465 e. The Hall–Kier alpha value is -3.50. The molecule has 0 bridgehead atoms. The molecule has 0 N–H and O–H groups in total. The average molecular weight is 452 g/mol. The Bertz CT molecular complexity index is 1300. The number of nitrogens with zero attached hydrogens (tertiary/aromatic N) is 4. The molecule has 0 unspecified atom stereocenters. The Morgan fingerprint density at radius 2 is 1.97 bits per heavy atom. The summed E-state index contributed by atoms with van der Waals surface area (Å²) >= 11 is 1.44. The van der Waals surface area contributed by atoms with Crippen LogP contribution >= 0.6 is 11.3 Å². The van der Waals surface area contributed by atoms with Gasteiger partial charge < -0.3 is 18.8 Å². The van der Waals surface area contributed by atoms with Gasteiger partial charge in [-0.2, -0.15) is 5.10 Å². The van der Waals surface area contributed by atoms with Gasteiger partial charge in [0.1, 0.15) is 5.69 Å².